The number of nitrogens with two attached hydrogens (primary N) is 1. The molecule has 5 heteroatoms. The fourth-order valence-corrected chi connectivity index (χ4v) is 2.25. The minimum Gasteiger partial charge on any atom is -0.380 e. The summed E-state index contributed by atoms with van der Waals surface area (Å²) in [6.07, 6.45) is 2.47. The molecule has 96 valence electrons. The number of hydrogen-bond donors (Lipinski definition) is 1. The van der Waals surface area contributed by atoms with Gasteiger partial charge in [0.1, 0.15) is 0 Å². The molecule has 0 radical (unpaired) electrons. The smallest absolute Gasteiger partial charge is 0.225 e. The SMILES string of the molecule is COC(CN)CC(=O)N1C(C)CCC1C.Cl. The summed E-state index contributed by atoms with van der Waals surface area (Å²) in [6.45, 7) is 4.61. The summed E-state index contributed by atoms with van der Waals surface area (Å²) in [4.78, 5) is 14.0. The van der Waals surface area contributed by atoms with E-state index < -0.39 is 0 Å². The first-order valence-electron chi connectivity index (χ1n) is 5.64. The van der Waals surface area contributed by atoms with Crippen LogP contribution in [-0.4, -0.2) is 42.6 Å². The van der Waals surface area contributed by atoms with Crippen molar-refractivity contribution in [2.24, 2.45) is 5.73 Å². The van der Waals surface area contributed by atoms with Crippen molar-refractivity contribution in [3.63, 3.8) is 0 Å². The molecule has 1 fully saturated rings. The summed E-state index contributed by atoms with van der Waals surface area (Å²) >= 11 is 0. The van der Waals surface area contributed by atoms with E-state index in [2.05, 4.69) is 13.8 Å². The van der Waals surface area contributed by atoms with Crippen molar-refractivity contribution in [2.75, 3.05) is 13.7 Å². The highest BCUT2D eigenvalue weighted by atomic mass is 35.5. The molecule has 1 amide bonds. The van der Waals surface area contributed by atoms with E-state index in [0.29, 0.717) is 25.0 Å². The molecule has 1 rings (SSSR count). The zero-order chi connectivity index (χ0) is 11.4. The van der Waals surface area contributed by atoms with Gasteiger partial charge in [-0.15, -0.1) is 12.4 Å². The van der Waals surface area contributed by atoms with Crippen molar-refractivity contribution >= 4 is 18.3 Å². The van der Waals surface area contributed by atoms with Gasteiger partial charge in [0.2, 0.25) is 5.91 Å². The van der Waals surface area contributed by atoms with Gasteiger partial charge in [-0.05, 0) is 26.7 Å². The molecule has 0 aliphatic carbocycles. The lowest BCUT2D eigenvalue weighted by Crippen LogP contribution is -2.41. The van der Waals surface area contributed by atoms with Gasteiger partial charge in [0.15, 0.2) is 0 Å². The topological polar surface area (TPSA) is 55.6 Å². The molecule has 3 atom stereocenters. The molecule has 3 unspecified atom stereocenters. The van der Waals surface area contributed by atoms with E-state index in [1.807, 2.05) is 4.90 Å². The van der Waals surface area contributed by atoms with E-state index in [9.17, 15) is 4.79 Å². The number of ether oxygens (including phenoxy) is 1. The van der Waals surface area contributed by atoms with Crippen molar-refractivity contribution in [3.8, 4) is 0 Å². The molecule has 2 N–H and O–H groups in total. The fraction of sp³-hybridized carbons (Fsp3) is 0.909. The lowest BCUT2D eigenvalue weighted by atomic mass is 10.2. The van der Waals surface area contributed by atoms with Gasteiger partial charge < -0.3 is 15.4 Å². The van der Waals surface area contributed by atoms with Crippen LogP contribution in [-0.2, 0) is 9.53 Å². The van der Waals surface area contributed by atoms with Crippen LogP contribution in [0.3, 0.4) is 0 Å². The zero-order valence-electron chi connectivity index (χ0n) is 10.3. The minimum absolute atomic E-state index is 0. The van der Waals surface area contributed by atoms with Crippen LogP contribution in [0.2, 0.25) is 0 Å². The minimum atomic E-state index is -0.141. The lowest BCUT2D eigenvalue weighted by molar-refractivity contribution is -0.135. The van der Waals surface area contributed by atoms with Crippen LogP contribution in [0.15, 0.2) is 0 Å². The summed E-state index contributed by atoms with van der Waals surface area (Å²) in [6, 6.07) is 0.727. The summed E-state index contributed by atoms with van der Waals surface area (Å²) in [5, 5.41) is 0. The monoisotopic (exact) mass is 250 g/mol. The Labute approximate surface area is 104 Å². The van der Waals surface area contributed by atoms with Crippen molar-refractivity contribution in [3.05, 3.63) is 0 Å². The molecule has 0 saturated carbocycles. The molecule has 0 aromatic heterocycles. The molecule has 0 bridgehead atoms. The predicted octanol–water partition coefficient (Wildman–Crippen LogP) is 1.17. The number of methoxy groups -OCH3 is 1. The third kappa shape index (κ3) is 3.61. The van der Waals surface area contributed by atoms with Crippen LogP contribution in [0, 0.1) is 0 Å². The summed E-state index contributed by atoms with van der Waals surface area (Å²) in [7, 11) is 1.60. The second kappa shape index (κ2) is 7.09. The van der Waals surface area contributed by atoms with Crippen LogP contribution < -0.4 is 5.73 Å². The van der Waals surface area contributed by atoms with Crippen molar-refractivity contribution in [1.29, 1.82) is 0 Å². The Morgan fingerprint density at radius 1 is 1.44 bits per heavy atom. The van der Waals surface area contributed by atoms with Gasteiger partial charge in [0.05, 0.1) is 12.5 Å². The molecule has 0 aromatic carbocycles. The van der Waals surface area contributed by atoms with E-state index in [0.717, 1.165) is 12.8 Å². The standard InChI is InChI=1S/C11H22N2O2.ClH/c1-8-4-5-9(2)13(8)11(14)6-10(7-12)15-3;/h8-10H,4-7,12H2,1-3H3;1H. The molecule has 0 aromatic rings. The summed E-state index contributed by atoms with van der Waals surface area (Å²) < 4.78 is 5.13. The van der Waals surface area contributed by atoms with Gasteiger partial charge >= 0.3 is 0 Å². The lowest BCUT2D eigenvalue weighted by Gasteiger charge is -2.27. The van der Waals surface area contributed by atoms with Crippen LogP contribution in [0.25, 0.3) is 0 Å². The molecular formula is C11H23ClN2O2. The zero-order valence-corrected chi connectivity index (χ0v) is 11.1. The molecule has 1 aliphatic rings. The number of likely N-dealkylation sites (tertiary alicyclic amines) is 1. The van der Waals surface area contributed by atoms with Crippen LogP contribution >= 0.6 is 12.4 Å². The number of nitrogens with zero attached hydrogens (tertiary/aromatic N) is 1. The van der Waals surface area contributed by atoms with Crippen molar-refractivity contribution in [1.82, 2.24) is 4.90 Å². The average Bonchev–Trinajstić information content (AvgIpc) is 2.55. The first kappa shape index (κ1) is 15.7. The molecule has 4 nitrogen and oxygen atoms in total. The molecule has 1 aliphatic heterocycles. The van der Waals surface area contributed by atoms with E-state index in [4.69, 9.17) is 10.5 Å². The van der Waals surface area contributed by atoms with Crippen LogP contribution in [0.1, 0.15) is 33.1 Å². The maximum absolute atomic E-state index is 12.0. The third-order valence-electron chi connectivity index (χ3n) is 3.24. The van der Waals surface area contributed by atoms with E-state index in [1.165, 1.54) is 0 Å². The van der Waals surface area contributed by atoms with Gasteiger partial charge in [0.25, 0.3) is 0 Å². The maximum Gasteiger partial charge on any atom is 0.225 e. The second-order valence-electron chi connectivity index (χ2n) is 4.37. The Morgan fingerprint density at radius 3 is 2.31 bits per heavy atom. The first-order chi connectivity index (χ1) is 7.10. The second-order valence-corrected chi connectivity index (χ2v) is 4.37. The summed E-state index contributed by atoms with van der Waals surface area (Å²) in [5.74, 6) is 0.171. The van der Waals surface area contributed by atoms with Crippen LogP contribution in [0.5, 0.6) is 0 Å². The normalized spacial score (nSPS) is 26.4. The highest BCUT2D eigenvalue weighted by Gasteiger charge is 2.31. The Kier molecular flexibility index (Phi) is 6.95. The number of hydrogen-bond acceptors (Lipinski definition) is 3. The molecule has 0 spiro atoms. The predicted molar refractivity (Wildman–Crippen MR) is 66.7 cm³/mol. The van der Waals surface area contributed by atoms with Gasteiger partial charge in [0, 0.05) is 25.7 Å². The van der Waals surface area contributed by atoms with Crippen molar-refractivity contribution in [2.45, 2.75) is 51.3 Å². The number of amides is 1. The highest BCUT2D eigenvalue weighted by molar-refractivity contribution is 5.85. The van der Waals surface area contributed by atoms with E-state index in [1.54, 1.807) is 7.11 Å². The number of carbonyl (C=O) groups excluding carboxylic acids is 1. The van der Waals surface area contributed by atoms with Crippen LogP contribution in [0.4, 0.5) is 0 Å². The Morgan fingerprint density at radius 2 is 1.94 bits per heavy atom. The third-order valence-corrected chi connectivity index (χ3v) is 3.24. The molecular weight excluding hydrogens is 228 g/mol. The number of rotatable bonds is 4. The molecule has 1 heterocycles. The van der Waals surface area contributed by atoms with Crippen molar-refractivity contribution < 1.29 is 9.53 Å². The number of halogens is 1. The number of carbonyl (C=O) groups is 1. The Bertz CT molecular complexity index is 212. The van der Waals surface area contributed by atoms with Gasteiger partial charge in [-0.1, -0.05) is 0 Å². The molecule has 16 heavy (non-hydrogen) atoms. The highest BCUT2D eigenvalue weighted by Crippen LogP contribution is 2.24. The first-order valence-corrected chi connectivity index (χ1v) is 5.64. The van der Waals surface area contributed by atoms with Gasteiger partial charge in [-0.2, -0.15) is 0 Å². The summed E-state index contributed by atoms with van der Waals surface area (Å²) in [5.41, 5.74) is 5.50. The van der Waals surface area contributed by atoms with Gasteiger partial charge in [-0.3, -0.25) is 4.79 Å². The Balaban J connectivity index is 0.00000225. The van der Waals surface area contributed by atoms with E-state index >= 15 is 0 Å². The quantitative estimate of drug-likeness (QED) is 0.815. The maximum atomic E-state index is 12.0. The Hall–Kier alpha value is -0.320. The van der Waals surface area contributed by atoms with Gasteiger partial charge in [-0.25, -0.2) is 0 Å². The van der Waals surface area contributed by atoms with E-state index in [-0.39, 0.29) is 24.4 Å². The fourth-order valence-electron chi connectivity index (χ4n) is 2.25. The average molecular weight is 251 g/mol. The largest absolute Gasteiger partial charge is 0.380 e. The molecule has 1 saturated heterocycles.